The minimum Gasteiger partial charge on any atom is -0.384 e. The van der Waals surface area contributed by atoms with Crippen molar-refractivity contribution in [1.29, 1.82) is 0 Å². The van der Waals surface area contributed by atoms with E-state index >= 15 is 0 Å². The van der Waals surface area contributed by atoms with Gasteiger partial charge in [0.2, 0.25) is 0 Å². The normalized spacial score (nSPS) is 25.5. The van der Waals surface area contributed by atoms with Crippen LogP contribution in [0.4, 0.5) is 11.6 Å². The summed E-state index contributed by atoms with van der Waals surface area (Å²) in [5.74, 6) is 3.85. The molecule has 10 nitrogen and oxygen atoms in total. The molecule has 1 saturated heterocycles. The Labute approximate surface area is 265 Å². The van der Waals surface area contributed by atoms with Crippen molar-refractivity contribution in [1.82, 2.24) is 25.5 Å². The lowest BCUT2D eigenvalue weighted by Crippen LogP contribution is -2.63. The molecule has 0 bridgehead atoms. The number of aryl methyl sites for hydroxylation is 1. The van der Waals surface area contributed by atoms with Crippen LogP contribution in [0.25, 0.3) is 0 Å². The predicted octanol–water partition coefficient (Wildman–Crippen LogP) is 4.70. The van der Waals surface area contributed by atoms with Crippen molar-refractivity contribution in [2.75, 3.05) is 62.6 Å². The number of rotatable bonds is 14. The molecule has 4 fully saturated rings. The fourth-order valence-electron chi connectivity index (χ4n) is 8.46. The molecule has 0 unspecified atom stereocenters. The van der Waals surface area contributed by atoms with E-state index in [1.54, 1.807) is 0 Å². The van der Waals surface area contributed by atoms with E-state index in [-0.39, 0.29) is 11.7 Å². The minimum absolute atomic E-state index is 0.0507. The van der Waals surface area contributed by atoms with Crippen LogP contribution in [0, 0.1) is 11.8 Å². The van der Waals surface area contributed by atoms with Gasteiger partial charge in [0, 0.05) is 50.2 Å². The molecule has 1 aliphatic heterocycles. The number of nitrogen functional groups attached to an aromatic ring is 1. The molecule has 0 radical (unpaired) electrons. The van der Waals surface area contributed by atoms with Crippen LogP contribution >= 0.6 is 7.60 Å². The van der Waals surface area contributed by atoms with E-state index < -0.39 is 7.60 Å². The summed E-state index contributed by atoms with van der Waals surface area (Å²) in [5, 5.41) is 7.49. The molecule has 5 rings (SSSR count). The van der Waals surface area contributed by atoms with Crippen LogP contribution in [0.3, 0.4) is 0 Å². The quantitative estimate of drug-likeness (QED) is 0.145. The Morgan fingerprint density at radius 2 is 1.66 bits per heavy atom. The topological polar surface area (TPSA) is 140 Å². The van der Waals surface area contributed by atoms with Gasteiger partial charge in [-0.25, -0.2) is 9.97 Å². The molecular formula is C33H60N7O3P. The van der Waals surface area contributed by atoms with Crippen LogP contribution in [0.1, 0.15) is 109 Å². The molecule has 1 spiro atoms. The molecule has 0 atom stereocenters. The molecule has 11 heteroatoms. The first-order chi connectivity index (χ1) is 21.3. The summed E-state index contributed by atoms with van der Waals surface area (Å²) in [6.45, 7) is 6.28. The molecule has 250 valence electrons. The van der Waals surface area contributed by atoms with Crippen molar-refractivity contribution in [3.05, 3.63) is 11.9 Å². The van der Waals surface area contributed by atoms with E-state index in [4.69, 9.17) is 10.7 Å². The lowest BCUT2D eigenvalue weighted by atomic mass is 9.78. The first kappa shape index (κ1) is 34.1. The highest BCUT2D eigenvalue weighted by Gasteiger charge is 2.43. The smallest absolute Gasteiger partial charge is 0.326 e. The van der Waals surface area contributed by atoms with E-state index in [0.29, 0.717) is 12.4 Å². The highest BCUT2D eigenvalue weighted by Crippen LogP contribution is 2.40. The second-order valence-electron chi connectivity index (χ2n) is 14.4. The highest BCUT2D eigenvalue weighted by atomic mass is 31.2. The fraction of sp³-hybridized carbons (Fsp3) is 0.879. The number of piperazine rings is 1. The molecule has 44 heavy (non-hydrogen) atoms. The van der Waals surface area contributed by atoms with Crippen LogP contribution in [0.5, 0.6) is 0 Å². The Hall–Kier alpha value is -1.29. The third-order valence-corrected chi connectivity index (χ3v) is 11.9. The monoisotopic (exact) mass is 633 g/mol. The van der Waals surface area contributed by atoms with Crippen LogP contribution in [0.15, 0.2) is 6.07 Å². The van der Waals surface area contributed by atoms with Crippen LogP contribution in [0.2, 0.25) is 0 Å². The predicted molar refractivity (Wildman–Crippen MR) is 179 cm³/mol. The molecule has 1 aromatic heterocycles. The maximum Gasteiger partial charge on any atom is 0.326 e. The van der Waals surface area contributed by atoms with Crippen LogP contribution < -0.4 is 21.3 Å². The summed E-state index contributed by atoms with van der Waals surface area (Å²) in [6.07, 6.45) is 21.0. The van der Waals surface area contributed by atoms with E-state index in [1.807, 2.05) is 6.07 Å². The number of hydrogen-bond acceptors (Lipinski definition) is 8. The Morgan fingerprint density at radius 3 is 2.41 bits per heavy atom. The van der Waals surface area contributed by atoms with Crippen molar-refractivity contribution in [2.24, 2.45) is 11.8 Å². The van der Waals surface area contributed by atoms with Gasteiger partial charge in [-0.15, -0.1) is 0 Å². The van der Waals surface area contributed by atoms with Crippen molar-refractivity contribution >= 4 is 19.2 Å². The third-order valence-electron chi connectivity index (χ3n) is 11.1. The summed E-state index contributed by atoms with van der Waals surface area (Å²) in [6, 6.07) is 2.68. The van der Waals surface area contributed by atoms with Crippen LogP contribution in [-0.4, -0.2) is 88.2 Å². The molecular weight excluding hydrogens is 573 g/mol. The van der Waals surface area contributed by atoms with Gasteiger partial charge in [-0.1, -0.05) is 51.4 Å². The number of nitrogens with one attached hydrogen (secondary N) is 2. The number of nitrogens with two attached hydrogens (primary N) is 1. The highest BCUT2D eigenvalue weighted by molar-refractivity contribution is 7.51. The molecule has 6 N–H and O–H groups in total. The molecule has 2 heterocycles. The average molecular weight is 634 g/mol. The van der Waals surface area contributed by atoms with Gasteiger partial charge in [0.1, 0.15) is 17.5 Å². The fourth-order valence-corrected chi connectivity index (χ4v) is 8.96. The zero-order valence-electron chi connectivity index (χ0n) is 27.1. The van der Waals surface area contributed by atoms with Gasteiger partial charge in [0.05, 0.1) is 6.16 Å². The largest absolute Gasteiger partial charge is 0.384 e. The SMILES string of the molecule is Nc1cc(N2CCN(CCP(=O)(O)O)C3(CCCCC3)C2)nc(CCC2CCC(CNCCCNC3CCCCC3)CC2)n1. The first-order valence-corrected chi connectivity index (χ1v) is 19.7. The molecule has 3 aliphatic carbocycles. The summed E-state index contributed by atoms with van der Waals surface area (Å²) in [7, 11) is -4.02. The third kappa shape index (κ3) is 10.4. The summed E-state index contributed by atoms with van der Waals surface area (Å²) in [5.41, 5.74) is 6.26. The Bertz CT molecular complexity index is 1050. The van der Waals surface area contributed by atoms with Gasteiger partial charge in [-0.05, 0) is 82.8 Å². The second kappa shape index (κ2) is 16.5. The maximum absolute atomic E-state index is 11.6. The molecule has 3 saturated carbocycles. The number of anilines is 2. The zero-order valence-corrected chi connectivity index (χ0v) is 28.0. The van der Waals surface area contributed by atoms with Gasteiger partial charge < -0.3 is 31.1 Å². The lowest BCUT2D eigenvalue weighted by molar-refractivity contribution is 0.0432. The van der Waals surface area contributed by atoms with Gasteiger partial charge in [0.15, 0.2) is 0 Å². The number of nitrogens with zero attached hydrogens (tertiary/aromatic N) is 4. The van der Waals surface area contributed by atoms with Crippen molar-refractivity contribution < 1.29 is 14.4 Å². The average Bonchev–Trinajstić information content (AvgIpc) is 3.02. The number of aromatic nitrogens is 2. The molecule has 4 aliphatic rings. The van der Waals surface area contributed by atoms with E-state index in [9.17, 15) is 14.4 Å². The number of hydrogen-bond donors (Lipinski definition) is 5. The molecule has 0 amide bonds. The summed E-state index contributed by atoms with van der Waals surface area (Å²) in [4.78, 5) is 33.4. The van der Waals surface area contributed by atoms with E-state index in [2.05, 4.69) is 25.4 Å². The van der Waals surface area contributed by atoms with Crippen LogP contribution in [-0.2, 0) is 11.0 Å². The van der Waals surface area contributed by atoms with Gasteiger partial charge in [-0.3, -0.25) is 9.46 Å². The van der Waals surface area contributed by atoms with Crippen molar-refractivity contribution in [3.63, 3.8) is 0 Å². The second-order valence-corrected chi connectivity index (χ2v) is 16.2. The summed E-state index contributed by atoms with van der Waals surface area (Å²) < 4.78 is 11.6. The van der Waals surface area contributed by atoms with E-state index in [1.165, 1.54) is 70.6 Å². The molecule has 1 aromatic rings. The van der Waals surface area contributed by atoms with Gasteiger partial charge >= 0.3 is 7.60 Å². The Morgan fingerprint density at radius 1 is 0.932 bits per heavy atom. The lowest BCUT2D eigenvalue weighted by Gasteiger charge is -2.53. The Kier molecular flexibility index (Phi) is 12.8. The van der Waals surface area contributed by atoms with Gasteiger partial charge in [0.25, 0.3) is 0 Å². The first-order valence-electron chi connectivity index (χ1n) is 17.9. The minimum atomic E-state index is -4.02. The van der Waals surface area contributed by atoms with Crippen molar-refractivity contribution in [3.8, 4) is 0 Å². The standard InChI is InChI=1S/C33H60N7O3P/c34-30-24-32(39-20-21-40(22-23-44(41,42)43)33(26-39)16-5-2-6-17-33)38-31(37-30)15-14-27-10-12-28(13-11-27)25-35-18-7-19-36-29-8-3-1-4-9-29/h24,27-29,35-36H,1-23,25-26H2,(H2,34,37,38)(H2,41,42,43). The van der Waals surface area contributed by atoms with E-state index in [0.717, 1.165) is 107 Å². The molecule has 0 aromatic carbocycles. The Balaban J connectivity index is 1.04. The summed E-state index contributed by atoms with van der Waals surface area (Å²) >= 11 is 0. The zero-order chi connectivity index (χ0) is 30.8. The van der Waals surface area contributed by atoms with Crippen molar-refractivity contribution in [2.45, 2.75) is 121 Å². The van der Waals surface area contributed by atoms with Gasteiger partial charge in [-0.2, -0.15) is 0 Å². The maximum atomic E-state index is 11.6.